The Balaban J connectivity index is 0. The summed E-state index contributed by atoms with van der Waals surface area (Å²) in [4.78, 5) is 21.9. The first-order valence-electron chi connectivity index (χ1n) is 7.12. The first kappa shape index (κ1) is 21.7. The van der Waals surface area contributed by atoms with Crippen LogP contribution in [-0.2, 0) is 19.1 Å². The van der Waals surface area contributed by atoms with Gasteiger partial charge in [0.25, 0.3) is 0 Å². The SMILES string of the molecule is CCOC(=O)C(C)(C)CCCBr.CCOC(=O)C(C)C. The minimum Gasteiger partial charge on any atom is -0.466 e. The Bertz CT molecular complexity index is 275. The molecule has 0 aromatic heterocycles. The van der Waals surface area contributed by atoms with E-state index in [0.29, 0.717) is 13.2 Å². The van der Waals surface area contributed by atoms with Crippen molar-refractivity contribution in [3.05, 3.63) is 0 Å². The van der Waals surface area contributed by atoms with Crippen molar-refractivity contribution in [2.24, 2.45) is 11.3 Å². The molecule has 0 N–H and O–H groups in total. The molecule has 0 saturated carbocycles. The van der Waals surface area contributed by atoms with Crippen LogP contribution in [0.1, 0.15) is 54.4 Å². The molecule has 20 heavy (non-hydrogen) atoms. The van der Waals surface area contributed by atoms with E-state index in [9.17, 15) is 9.59 Å². The first-order chi connectivity index (χ1) is 9.22. The molecular weight excluding hydrogens is 324 g/mol. The molecule has 0 spiro atoms. The Morgan fingerprint density at radius 3 is 1.90 bits per heavy atom. The Morgan fingerprint density at radius 2 is 1.60 bits per heavy atom. The maximum absolute atomic E-state index is 11.3. The molecule has 0 radical (unpaired) electrons. The molecule has 0 aliphatic carbocycles. The number of halogens is 1. The van der Waals surface area contributed by atoms with Gasteiger partial charge in [0.1, 0.15) is 0 Å². The van der Waals surface area contributed by atoms with E-state index in [0.717, 1.165) is 18.2 Å². The molecule has 0 aromatic carbocycles. The summed E-state index contributed by atoms with van der Waals surface area (Å²) in [6.07, 6.45) is 1.88. The highest BCUT2D eigenvalue weighted by Crippen LogP contribution is 2.24. The van der Waals surface area contributed by atoms with Crippen LogP contribution in [0.15, 0.2) is 0 Å². The average Bonchev–Trinajstić information content (AvgIpc) is 2.37. The fraction of sp³-hybridized carbons (Fsp3) is 0.867. The van der Waals surface area contributed by atoms with E-state index in [1.807, 2.05) is 34.6 Å². The molecule has 0 aliphatic heterocycles. The highest BCUT2D eigenvalue weighted by Gasteiger charge is 2.27. The summed E-state index contributed by atoms with van der Waals surface area (Å²) in [5, 5.41) is 0.940. The van der Waals surface area contributed by atoms with Gasteiger partial charge < -0.3 is 9.47 Å². The number of carbonyl (C=O) groups is 2. The lowest BCUT2D eigenvalue weighted by Crippen LogP contribution is -2.26. The van der Waals surface area contributed by atoms with Crippen molar-refractivity contribution in [3.63, 3.8) is 0 Å². The van der Waals surface area contributed by atoms with Gasteiger partial charge in [-0.05, 0) is 40.5 Å². The zero-order valence-electron chi connectivity index (χ0n) is 13.6. The van der Waals surface area contributed by atoms with Crippen LogP contribution < -0.4 is 0 Å². The summed E-state index contributed by atoms with van der Waals surface area (Å²) in [5.74, 6) is -0.201. The van der Waals surface area contributed by atoms with E-state index in [4.69, 9.17) is 4.74 Å². The predicted molar refractivity (Wildman–Crippen MR) is 84.9 cm³/mol. The summed E-state index contributed by atoms with van der Waals surface area (Å²) < 4.78 is 9.61. The molecule has 5 heteroatoms. The van der Waals surface area contributed by atoms with Crippen molar-refractivity contribution in [1.29, 1.82) is 0 Å². The molecule has 0 heterocycles. The molecule has 4 nitrogen and oxygen atoms in total. The fourth-order valence-electron chi connectivity index (χ4n) is 1.25. The van der Waals surface area contributed by atoms with Crippen molar-refractivity contribution in [2.45, 2.75) is 54.4 Å². The van der Waals surface area contributed by atoms with Crippen molar-refractivity contribution >= 4 is 27.9 Å². The zero-order chi connectivity index (χ0) is 16.2. The maximum Gasteiger partial charge on any atom is 0.311 e. The lowest BCUT2D eigenvalue weighted by molar-refractivity contribution is -0.153. The van der Waals surface area contributed by atoms with E-state index in [-0.39, 0.29) is 23.3 Å². The quantitative estimate of drug-likeness (QED) is 0.514. The van der Waals surface area contributed by atoms with Gasteiger partial charge >= 0.3 is 11.9 Å². The van der Waals surface area contributed by atoms with Gasteiger partial charge in [-0.1, -0.05) is 29.8 Å². The molecule has 0 unspecified atom stereocenters. The van der Waals surface area contributed by atoms with Crippen LogP contribution in [0.3, 0.4) is 0 Å². The molecule has 120 valence electrons. The monoisotopic (exact) mass is 352 g/mol. The van der Waals surface area contributed by atoms with E-state index < -0.39 is 0 Å². The average molecular weight is 353 g/mol. The number of carbonyl (C=O) groups excluding carboxylic acids is 2. The fourth-order valence-corrected chi connectivity index (χ4v) is 1.53. The largest absolute Gasteiger partial charge is 0.466 e. The van der Waals surface area contributed by atoms with Crippen LogP contribution in [0.25, 0.3) is 0 Å². The number of hydrogen-bond acceptors (Lipinski definition) is 4. The molecule has 0 bridgehead atoms. The van der Waals surface area contributed by atoms with Crippen molar-refractivity contribution < 1.29 is 19.1 Å². The standard InChI is InChI=1S/C9H17BrO2.C6H12O2/c1-4-12-8(11)9(2,3)6-5-7-10;1-4-8-6(7)5(2)3/h4-7H2,1-3H3;5H,4H2,1-3H3. The topological polar surface area (TPSA) is 52.6 Å². The van der Waals surface area contributed by atoms with Crippen LogP contribution in [0.2, 0.25) is 0 Å². The minimum absolute atomic E-state index is 0.00921. The molecular formula is C15H29BrO4. The summed E-state index contributed by atoms with van der Waals surface area (Å²) in [6, 6.07) is 0. The number of alkyl halides is 1. The lowest BCUT2D eigenvalue weighted by atomic mass is 9.88. The molecule has 0 rings (SSSR count). The van der Waals surface area contributed by atoms with Gasteiger partial charge in [0.15, 0.2) is 0 Å². The highest BCUT2D eigenvalue weighted by atomic mass is 79.9. The van der Waals surface area contributed by atoms with Gasteiger partial charge in [0.2, 0.25) is 0 Å². The zero-order valence-corrected chi connectivity index (χ0v) is 15.2. The van der Waals surface area contributed by atoms with Gasteiger partial charge in [-0.2, -0.15) is 0 Å². The summed E-state index contributed by atoms with van der Waals surface area (Å²) in [6.45, 7) is 12.1. The molecule has 0 aromatic rings. The summed E-state index contributed by atoms with van der Waals surface area (Å²) in [7, 11) is 0. The molecule has 0 fully saturated rings. The van der Waals surface area contributed by atoms with Gasteiger partial charge in [-0.3, -0.25) is 9.59 Å². The second-order valence-corrected chi connectivity index (χ2v) is 6.10. The third-order valence-electron chi connectivity index (χ3n) is 2.52. The first-order valence-corrected chi connectivity index (χ1v) is 8.24. The normalized spacial score (nSPS) is 10.6. The second-order valence-electron chi connectivity index (χ2n) is 5.30. The molecule has 0 amide bonds. The van der Waals surface area contributed by atoms with Gasteiger partial charge in [0, 0.05) is 5.33 Å². The third kappa shape index (κ3) is 11.3. The van der Waals surface area contributed by atoms with Gasteiger partial charge in [-0.25, -0.2) is 0 Å². The number of ether oxygens (including phenoxy) is 2. The van der Waals surface area contributed by atoms with Gasteiger partial charge in [-0.15, -0.1) is 0 Å². The Hall–Kier alpha value is -0.580. The molecule has 0 aliphatic rings. The van der Waals surface area contributed by atoms with E-state index in [1.54, 1.807) is 6.92 Å². The Labute approximate surface area is 131 Å². The van der Waals surface area contributed by atoms with Crippen molar-refractivity contribution in [1.82, 2.24) is 0 Å². The number of rotatable bonds is 7. The third-order valence-corrected chi connectivity index (χ3v) is 3.08. The number of hydrogen-bond donors (Lipinski definition) is 0. The maximum atomic E-state index is 11.3. The second kappa shape index (κ2) is 12.2. The van der Waals surface area contributed by atoms with Crippen LogP contribution >= 0.6 is 15.9 Å². The summed E-state index contributed by atoms with van der Waals surface area (Å²) >= 11 is 3.34. The molecule has 0 atom stereocenters. The smallest absolute Gasteiger partial charge is 0.311 e. The van der Waals surface area contributed by atoms with Crippen LogP contribution in [0.5, 0.6) is 0 Å². The van der Waals surface area contributed by atoms with E-state index in [1.165, 1.54) is 0 Å². The number of esters is 2. The Kier molecular flexibility index (Phi) is 13.2. The van der Waals surface area contributed by atoms with Gasteiger partial charge in [0.05, 0.1) is 24.5 Å². The van der Waals surface area contributed by atoms with E-state index >= 15 is 0 Å². The van der Waals surface area contributed by atoms with Crippen LogP contribution in [0, 0.1) is 11.3 Å². The molecule has 0 saturated heterocycles. The minimum atomic E-state index is -0.330. The highest BCUT2D eigenvalue weighted by molar-refractivity contribution is 9.09. The van der Waals surface area contributed by atoms with Crippen LogP contribution in [0.4, 0.5) is 0 Å². The van der Waals surface area contributed by atoms with Crippen molar-refractivity contribution in [3.8, 4) is 0 Å². The summed E-state index contributed by atoms with van der Waals surface area (Å²) in [5.41, 5.74) is -0.330. The lowest BCUT2D eigenvalue weighted by Gasteiger charge is -2.21. The van der Waals surface area contributed by atoms with Crippen LogP contribution in [-0.4, -0.2) is 30.5 Å². The Morgan fingerprint density at radius 1 is 1.10 bits per heavy atom. The van der Waals surface area contributed by atoms with E-state index in [2.05, 4.69) is 20.7 Å². The predicted octanol–water partition coefficient (Wildman–Crippen LogP) is 3.96. The van der Waals surface area contributed by atoms with Crippen molar-refractivity contribution in [2.75, 3.05) is 18.5 Å².